The van der Waals surface area contributed by atoms with Crippen LogP contribution in [0.15, 0.2) is 24.6 Å². The van der Waals surface area contributed by atoms with Crippen molar-refractivity contribution in [1.82, 2.24) is 15.3 Å². The second-order valence-electron chi connectivity index (χ2n) is 2.13. The van der Waals surface area contributed by atoms with Gasteiger partial charge < -0.3 is 0 Å². The lowest BCUT2D eigenvalue weighted by Gasteiger charge is -2.24. The second kappa shape index (κ2) is 1.77. The molecule has 0 saturated carbocycles. The highest BCUT2D eigenvalue weighted by Gasteiger charge is 2.14. The minimum Gasteiger partial charge on any atom is -0.279 e. The van der Waals surface area contributed by atoms with Gasteiger partial charge in [0.15, 0.2) is 0 Å². The van der Waals surface area contributed by atoms with Crippen molar-refractivity contribution in [2.75, 3.05) is 13.3 Å². The van der Waals surface area contributed by atoms with Gasteiger partial charge >= 0.3 is 0 Å². The lowest BCUT2D eigenvalue weighted by Crippen LogP contribution is -2.28. The normalized spacial score (nSPS) is 23.1. The van der Waals surface area contributed by atoms with Crippen molar-refractivity contribution in [3.05, 3.63) is 24.6 Å². The molecule has 2 rings (SSSR count). The van der Waals surface area contributed by atoms with Gasteiger partial charge in [0, 0.05) is 12.4 Å². The number of fused-ring (bicyclic) bond motifs is 1. The van der Waals surface area contributed by atoms with E-state index in [1.807, 2.05) is 12.2 Å². The van der Waals surface area contributed by atoms with Crippen molar-refractivity contribution in [2.24, 2.45) is 0 Å². The molecule has 2 aliphatic heterocycles. The predicted molar refractivity (Wildman–Crippen MR) is 34.8 cm³/mol. The molecule has 0 aromatic rings. The van der Waals surface area contributed by atoms with Crippen LogP contribution in [0.1, 0.15) is 0 Å². The number of nitrogens with zero attached hydrogens (tertiary/aromatic N) is 2. The van der Waals surface area contributed by atoms with Crippen molar-refractivity contribution in [2.45, 2.75) is 0 Å². The Labute approximate surface area is 54.2 Å². The fourth-order valence-corrected chi connectivity index (χ4v) is 1.04. The summed E-state index contributed by atoms with van der Waals surface area (Å²) in [6.07, 6.45) is 8.17. The van der Waals surface area contributed by atoms with E-state index in [2.05, 4.69) is 27.7 Å². The number of nitrogens with one attached hydrogen (secondary N) is 1. The molecule has 1 saturated heterocycles. The van der Waals surface area contributed by atoms with Gasteiger partial charge in [-0.15, -0.1) is 0 Å². The first-order valence-corrected chi connectivity index (χ1v) is 3.06. The molecule has 0 amide bonds. The summed E-state index contributed by atoms with van der Waals surface area (Å²) in [5.74, 6) is 0. The van der Waals surface area contributed by atoms with Crippen LogP contribution < -0.4 is 5.32 Å². The van der Waals surface area contributed by atoms with Crippen LogP contribution in [0.4, 0.5) is 0 Å². The lowest BCUT2D eigenvalue weighted by atomic mass is 10.5. The molecule has 0 unspecified atom stereocenters. The zero-order valence-electron chi connectivity index (χ0n) is 5.12. The van der Waals surface area contributed by atoms with Crippen LogP contribution >= 0.6 is 0 Å². The minimum atomic E-state index is 0.931. The van der Waals surface area contributed by atoms with Gasteiger partial charge in [-0.1, -0.05) is 0 Å². The summed E-state index contributed by atoms with van der Waals surface area (Å²) in [4.78, 5) is 0. The standard InChI is InChI=1S/C6H9N3/c1-2-4-9-6-7-5-8(9)3-1/h1-4,7H,5-6H2. The number of hydrazine groups is 1. The van der Waals surface area contributed by atoms with Crippen molar-refractivity contribution >= 4 is 0 Å². The van der Waals surface area contributed by atoms with E-state index < -0.39 is 0 Å². The third-order valence-corrected chi connectivity index (χ3v) is 1.50. The smallest absolute Gasteiger partial charge is 0.0898 e. The molecule has 0 aliphatic carbocycles. The maximum absolute atomic E-state index is 3.21. The van der Waals surface area contributed by atoms with Gasteiger partial charge in [-0.3, -0.25) is 15.3 Å². The molecule has 3 heteroatoms. The van der Waals surface area contributed by atoms with Gasteiger partial charge in [0.1, 0.15) is 0 Å². The zero-order chi connectivity index (χ0) is 6.10. The van der Waals surface area contributed by atoms with E-state index >= 15 is 0 Å². The summed E-state index contributed by atoms with van der Waals surface area (Å²) in [6, 6.07) is 0. The molecule has 1 fully saturated rings. The molecule has 0 radical (unpaired) electrons. The van der Waals surface area contributed by atoms with Crippen LogP contribution in [0.5, 0.6) is 0 Å². The number of rotatable bonds is 0. The fraction of sp³-hybridized carbons (Fsp3) is 0.333. The average molecular weight is 123 g/mol. The van der Waals surface area contributed by atoms with Crippen molar-refractivity contribution < 1.29 is 0 Å². The molecule has 3 nitrogen and oxygen atoms in total. The lowest BCUT2D eigenvalue weighted by molar-refractivity contribution is 0.141. The zero-order valence-corrected chi connectivity index (χ0v) is 5.12. The molecule has 2 aliphatic rings. The SMILES string of the molecule is C1=CN2CNCN2C=C1. The molecule has 0 aromatic heterocycles. The van der Waals surface area contributed by atoms with Crippen LogP contribution in [0, 0.1) is 0 Å². The highest BCUT2D eigenvalue weighted by atomic mass is 15.7. The predicted octanol–water partition coefficient (Wildman–Crippen LogP) is 0.0646. The summed E-state index contributed by atoms with van der Waals surface area (Å²) in [5, 5.41) is 7.46. The van der Waals surface area contributed by atoms with Crippen molar-refractivity contribution in [1.29, 1.82) is 0 Å². The van der Waals surface area contributed by atoms with Gasteiger partial charge in [-0.25, -0.2) is 0 Å². The van der Waals surface area contributed by atoms with Gasteiger partial charge in [0.2, 0.25) is 0 Å². The Bertz CT molecular complexity index is 144. The van der Waals surface area contributed by atoms with Crippen LogP contribution in [-0.4, -0.2) is 23.4 Å². The third-order valence-electron chi connectivity index (χ3n) is 1.50. The van der Waals surface area contributed by atoms with Crippen LogP contribution in [0.2, 0.25) is 0 Å². The fourth-order valence-electron chi connectivity index (χ4n) is 1.04. The highest BCUT2D eigenvalue weighted by molar-refractivity contribution is 5.06. The monoisotopic (exact) mass is 123 g/mol. The molecule has 1 N–H and O–H groups in total. The molecular weight excluding hydrogens is 114 g/mol. The van der Waals surface area contributed by atoms with E-state index in [1.165, 1.54) is 0 Å². The van der Waals surface area contributed by atoms with Gasteiger partial charge in [-0.2, -0.15) is 0 Å². The summed E-state index contributed by atoms with van der Waals surface area (Å²) in [5.41, 5.74) is 0. The summed E-state index contributed by atoms with van der Waals surface area (Å²) >= 11 is 0. The van der Waals surface area contributed by atoms with Crippen molar-refractivity contribution in [3.63, 3.8) is 0 Å². The van der Waals surface area contributed by atoms with E-state index in [-0.39, 0.29) is 0 Å². The second-order valence-corrected chi connectivity index (χ2v) is 2.13. The highest BCUT2D eigenvalue weighted by Crippen LogP contribution is 2.07. The number of hydrogen-bond acceptors (Lipinski definition) is 3. The Hall–Kier alpha value is -0.960. The quantitative estimate of drug-likeness (QED) is 0.491. The summed E-state index contributed by atoms with van der Waals surface area (Å²) in [7, 11) is 0. The molecule has 0 bridgehead atoms. The molecule has 2 heterocycles. The van der Waals surface area contributed by atoms with Gasteiger partial charge in [0.05, 0.1) is 13.3 Å². The number of allylic oxidation sites excluding steroid dienone is 2. The molecule has 48 valence electrons. The number of hydrogen-bond donors (Lipinski definition) is 1. The van der Waals surface area contributed by atoms with Crippen LogP contribution in [0.25, 0.3) is 0 Å². The maximum atomic E-state index is 3.21. The van der Waals surface area contributed by atoms with Crippen LogP contribution in [0.3, 0.4) is 0 Å². The first-order valence-electron chi connectivity index (χ1n) is 3.06. The minimum absolute atomic E-state index is 0.931. The topological polar surface area (TPSA) is 18.5 Å². The van der Waals surface area contributed by atoms with Gasteiger partial charge in [0.25, 0.3) is 0 Å². The third kappa shape index (κ3) is 0.695. The largest absolute Gasteiger partial charge is 0.279 e. The molecule has 9 heavy (non-hydrogen) atoms. The molecular formula is C6H9N3. The van der Waals surface area contributed by atoms with E-state index in [0.29, 0.717) is 0 Å². The van der Waals surface area contributed by atoms with E-state index in [1.54, 1.807) is 0 Å². The Kier molecular flexibility index (Phi) is 0.960. The summed E-state index contributed by atoms with van der Waals surface area (Å²) < 4.78 is 0. The first-order chi connectivity index (χ1) is 4.47. The Balaban J connectivity index is 2.18. The van der Waals surface area contributed by atoms with Gasteiger partial charge in [-0.05, 0) is 12.2 Å². The van der Waals surface area contributed by atoms with E-state index in [0.717, 1.165) is 13.3 Å². The molecule has 0 aromatic carbocycles. The molecule has 0 spiro atoms. The van der Waals surface area contributed by atoms with Crippen LogP contribution in [-0.2, 0) is 0 Å². The Morgan fingerprint density at radius 2 is 1.56 bits per heavy atom. The Morgan fingerprint density at radius 3 is 2.11 bits per heavy atom. The van der Waals surface area contributed by atoms with Crippen molar-refractivity contribution in [3.8, 4) is 0 Å². The summed E-state index contributed by atoms with van der Waals surface area (Å²) in [6.45, 7) is 1.86. The molecule has 0 atom stereocenters. The Morgan fingerprint density at radius 1 is 1.00 bits per heavy atom. The van der Waals surface area contributed by atoms with E-state index in [4.69, 9.17) is 0 Å². The average Bonchev–Trinajstić information content (AvgIpc) is 2.33. The van der Waals surface area contributed by atoms with E-state index in [9.17, 15) is 0 Å². The maximum Gasteiger partial charge on any atom is 0.0898 e. The first kappa shape index (κ1) is 4.88.